The molecule has 11 heavy (non-hydrogen) atoms. The van der Waals surface area contributed by atoms with E-state index in [0.717, 1.165) is 32.1 Å². The number of rotatable bonds is 2. The van der Waals surface area contributed by atoms with Gasteiger partial charge in [0.2, 0.25) is 0 Å². The smallest absolute Gasteiger partial charge is 0.0540 e. The maximum Gasteiger partial charge on any atom is 0.0540 e. The molecule has 1 heteroatoms. The third-order valence-electron chi connectivity index (χ3n) is 2.80. The average molecular weight is 154 g/mol. The molecule has 0 aliphatic heterocycles. The number of aliphatic hydroxyl groups excluding tert-OH is 1. The molecule has 0 amide bonds. The Morgan fingerprint density at radius 1 is 1.55 bits per heavy atom. The molecule has 1 nitrogen and oxygen atoms in total. The monoisotopic (exact) mass is 154 g/mol. The SMILES string of the molecule is C=CCC1(C)CCC(O)CC1. The molecule has 1 rings (SSSR count). The van der Waals surface area contributed by atoms with Crippen LogP contribution >= 0.6 is 0 Å². The summed E-state index contributed by atoms with van der Waals surface area (Å²) in [4.78, 5) is 0. The van der Waals surface area contributed by atoms with Gasteiger partial charge in [0.15, 0.2) is 0 Å². The quantitative estimate of drug-likeness (QED) is 0.606. The first kappa shape index (κ1) is 8.79. The van der Waals surface area contributed by atoms with Crippen LogP contribution in [0.3, 0.4) is 0 Å². The Bertz CT molecular complexity index is 132. The summed E-state index contributed by atoms with van der Waals surface area (Å²) in [6.07, 6.45) is 7.32. The summed E-state index contributed by atoms with van der Waals surface area (Å²) in [7, 11) is 0. The number of hydrogen-bond acceptors (Lipinski definition) is 1. The van der Waals surface area contributed by atoms with Crippen molar-refractivity contribution in [1.29, 1.82) is 0 Å². The third-order valence-corrected chi connectivity index (χ3v) is 2.80. The van der Waals surface area contributed by atoms with Gasteiger partial charge in [-0.1, -0.05) is 13.0 Å². The van der Waals surface area contributed by atoms with E-state index in [1.54, 1.807) is 0 Å². The second-order valence-electron chi connectivity index (χ2n) is 4.03. The highest BCUT2D eigenvalue weighted by atomic mass is 16.3. The van der Waals surface area contributed by atoms with Gasteiger partial charge in [-0.15, -0.1) is 6.58 Å². The lowest BCUT2D eigenvalue weighted by Gasteiger charge is -2.34. The molecule has 0 bridgehead atoms. The Balaban J connectivity index is 2.41. The third kappa shape index (κ3) is 2.33. The molecule has 0 aromatic carbocycles. The number of allylic oxidation sites excluding steroid dienone is 1. The van der Waals surface area contributed by atoms with Gasteiger partial charge in [-0.2, -0.15) is 0 Å². The summed E-state index contributed by atoms with van der Waals surface area (Å²) < 4.78 is 0. The van der Waals surface area contributed by atoms with E-state index in [-0.39, 0.29) is 6.10 Å². The van der Waals surface area contributed by atoms with E-state index >= 15 is 0 Å². The largest absolute Gasteiger partial charge is 0.393 e. The van der Waals surface area contributed by atoms with Crippen molar-refractivity contribution in [1.82, 2.24) is 0 Å². The van der Waals surface area contributed by atoms with Crippen molar-refractivity contribution < 1.29 is 5.11 Å². The molecule has 0 unspecified atom stereocenters. The van der Waals surface area contributed by atoms with Crippen LogP contribution in [0.4, 0.5) is 0 Å². The molecular weight excluding hydrogens is 136 g/mol. The van der Waals surface area contributed by atoms with E-state index in [1.807, 2.05) is 6.08 Å². The van der Waals surface area contributed by atoms with Gasteiger partial charge in [0.05, 0.1) is 6.10 Å². The van der Waals surface area contributed by atoms with Gasteiger partial charge in [0, 0.05) is 0 Å². The maximum absolute atomic E-state index is 9.28. The fourth-order valence-corrected chi connectivity index (χ4v) is 1.85. The lowest BCUT2D eigenvalue weighted by Crippen LogP contribution is -2.26. The van der Waals surface area contributed by atoms with Crippen LogP contribution in [0.5, 0.6) is 0 Å². The summed E-state index contributed by atoms with van der Waals surface area (Å²) in [6.45, 7) is 6.05. The Labute approximate surface area is 69.1 Å². The van der Waals surface area contributed by atoms with Crippen molar-refractivity contribution in [2.24, 2.45) is 5.41 Å². The number of hydrogen-bond donors (Lipinski definition) is 1. The Kier molecular flexibility index (Phi) is 2.72. The van der Waals surface area contributed by atoms with Gasteiger partial charge in [-0.05, 0) is 37.5 Å². The van der Waals surface area contributed by atoms with Crippen molar-refractivity contribution in [2.75, 3.05) is 0 Å². The predicted octanol–water partition coefficient (Wildman–Crippen LogP) is 2.50. The van der Waals surface area contributed by atoms with Gasteiger partial charge in [-0.25, -0.2) is 0 Å². The lowest BCUT2D eigenvalue weighted by atomic mass is 9.73. The van der Waals surface area contributed by atoms with E-state index in [2.05, 4.69) is 13.5 Å². The topological polar surface area (TPSA) is 20.2 Å². The van der Waals surface area contributed by atoms with Crippen molar-refractivity contribution >= 4 is 0 Å². The van der Waals surface area contributed by atoms with Crippen molar-refractivity contribution in [3.63, 3.8) is 0 Å². The summed E-state index contributed by atoms with van der Waals surface area (Å²) in [6, 6.07) is 0. The van der Waals surface area contributed by atoms with Crippen molar-refractivity contribution in [3.8, 4) is 0 Å². The van der Waals surface area contributed by atoms with Crippen molar-refractivity contribution in [2.45, 2.75) is 45.1 Å². The molecule has 0 heterocycles. The lowest BCUT2D eigenvalue weighted by molar-refractivity contribution is 0.0729. The molecule has 0 saturated heterocycles. The van der Waals surface area contributed by atoms with E-state index in [4.69, 9.17) is 0 Å². The number of aliphatic hydroxyl groups is 1. The molecule has 0 atom stereocenters. The fraction of sp³-hybridized carbons (Fsp3) is 0.800. The molecule has 1 fully saturated rings. The molecule has 0 radical (unpaired) electrons. The molecule has 1 N–H and O–H groups in total. The molecule has 0 aromatic heterocycles. The highest BCUT2D eigenvalue weighted by Crippen LogP contribution is 2.38. The Morgan fingerprint density at radius 2 is 2.09 bits per heavy atom. The minimum Gasteiger partial charge on any atom is -0.393 e. The predicted molar refractivity (Wildman–Crippen MR) is 47.4 cm³/mol. The van der Waals surface area contributed by atoms with Crippen LogP contribution in [-0.2, 0) is 0 Å². The Hall–Kier alpha value is -0.300. The molecule has 1 aliphatic rings. The van der Waals surface area contributed by atoms with Crippen LogP contribution in [0.25, 0.3) is 0 Å². The highest BCUT2D eigenvalue weighted by molar-refractivity contribution is 4.87. The zero-order chi connectivity index (χ0) is 8.32. The van der Waals surface area contributed by atoms with Gasteiger partial charge in [0.1, 0.15) is 0 Å². The first-order valence-corrected chi connectivity index (χ1v) is 4.45. The molecular formula is C10H18O. The van der Waals surface area contributed by atoms with Gasteiger partial charge in [-0.3, -0.25) is 0 Å². The van der Waals surface area contributed by atoms with Crippen LogP contribution < -0.4 is 0 Å². The molecule has 1 saturated carbocycles. The van der Waals surface area contributed by atoms with Gasteiger partial charge < -0.3 is 5.11 Å². The van der Waals surface area contributed by atoms with Crippen molar-refractivity contribution in [3.05, 3.63) is 12.7 Å². The van der Waals surface area contributed by atoms with Gasteiger partial charge in [0.25, 0.3) is 0 Å². The normalized spacial score (nSPS) is 38.5. The standard InChI is InChI=1S/C10H18O/c1-3-6-10(2)7-4-9(11)5-8-10/h3,9,11H,1,4-8H2,2H3. The summed E-state index contributed by atoms with van der Waals surface area (Å²) >= 11 is 0. The average Bonchev–Trinajstić information content (AvgIpc) is 1.97. The molecule has 64 valence electrons. The minimum absolute atomic E-state index is 0.0344. The zero-order valence-corrected chi connectivity index (χ0v) is 7.34. The van der Waals surface area contributed by atoms with Crippen LogP contribution in [0, 0.1) is 5.41 Å². The van der Waals surface area contributed by atoms with E-state index in [0.29, 0.717) is 5.41 Å². The first-order valence-electron chi connectivity index (χ1n) is 4.45. The second-order valence-corrected chi connectivity index (χ2v) is 4.03. The van der Waals surface area contributed by atoms with Crippen LogP contribution in [0.1, 0.15) is 39.0 Å². The highest BCUT2D eigenvalue weighted by Gasteiger charge is 2.28. The second kappa shape index (κ2) is 3.40. The summed E-state index contributed by atoms with van der Waals surface area (Å²) in [5, 5.41) is 9.28. The molecule has 0 spiro atoms. The van der Waals surface area contributed by atoms with E-state index < -0.39 is 0 Å². The first-order chi connectivity index (χ1) is 5.16. The zero-order valence-electron chi connectivity index (χ0n) is 7.34. The van der Waals surface area contributed by atoms with E-state index in [1.165, 1.54) is 0 Å². The Morgan fingerprint density at radius 3 is 2.55 bits per heavy atom. The molecule has 0 aromatic rings. The van der Waals surface area contributed by atoms with Crippen LogP contribution in [0.15, 0.2) is 12.7 Å². The van der Waals surface area contributed by atoms with Gasteiger partial charge >= 0.3 is 0 Å². The summed E-state index contributed by atoms with van der Waals surface area (Å²) in [5.41, 5.74) is 0.432. The van der Waals surface area contributed by atoms with Crippen LogP contribution in [-0.4, -0.2) is 11.2 Å². The minimum atomic E-state index is -0.0344. The molecule has 1 aliphatic carbocycles. The summed E-state index contributed by atoms with van der Waals surface area (Å²) in [5.74, 6) is 0. The van der Waals surface area contributed by atoms with E-state index in [9.17, 15) is 5.11 Å². The maximum atomic E-state index is 9.28. The fourth-order valence-electron chi connectivity index (χ4n) is 1.85. The van der Waals surface area contributed by atoms with Crippen LogP contribution in [0.2, 0.25) is 0 Å².